The Bertz CT molecular complexity index is 2070. The largest absolute Gasteiger partial charge is 0.488 e. The molecule has 0 spiro atoms. The molecule has 44 heavy (non-hydrogen) atoms. The zero-order chi connectivity index (χ0) is 30.8. The summed E-state index contributed by atoms with van der Waals surface area (Å²) in [5, 5.41) is 2.30. The molecule has 6 rings (SSSR count). The fourth-order valence-electron chi connectivity index (χ4n) is 5.51. The number of allylic oxidation sites excluding steroid dienone is 1. The number of carbonyl (C=O) groups excluding carboxylic acids is 1. The fraction of sp³-hybridized carbons (Fsp3) is 0.194. The molecule has 5 aromatic rings. The van der Waals surface area contributed by atoms with Crippen LogP contribution in [0, 0.1) is 0 Å². The number of para-hydroxylation sites is 1. The summed E-state index contributed by atoms with van der Waals surface area (Å²) in [6.45, 7) is 4.17. The first-order chi connectivity index (χ1) is 21.4. The molecule has 0 unspecified atom stereocenters. The molecule has 1 aliphatic rings. The molecule has 0 N–H and O–H groups in total. The first-order valence-electron chi connectivity index (χ1n) is 14.5. The van der Waals surface area contributed by atoms with Crippen LogP contribution in [0.5, 0.6) is 5.75 Å². The van der Waals surface area contributed by atoms with Gasteiger partial charge in [-0.15, -0.1) is 0 Å². The van der Waals surface area contributed by atoms with Gasteiger partial charge in [-0.3, -0.25) is 9.36 Å². The van der Waals surface area contributed by atoms with Gasteiger partial charge in [-0.2, -0.15) is 0 Å². The Morgan fingerprint density at radius 2 is 1.70 bits per heavy atom. The van der Waals surface area contributed by atoms with Gasteiger partial charge in [0.2, 0.25) is 0 Å². The number of hydrogen-bond acceptors (Lipinski definition) is 7. The van der Waals surface area contributed by atoms with Crippen molar-refractivity contribution in [2.75, 3.05) is 25.6 Å². The summed E-state index contributed by atoms with van der Waals surface area (Å²) in [7, 11) is 3.94. The van der Waals surface area contributed by atoms with Crippen LogP contribution in [0.4, 0.5) is 5.69 Å². The average molecular weight is 604 g/mol. The van der Waals surface area contributed by atoms with Gasteiger partial charge in [0.1, 0.15) is 12.4 Å². The predicted molar refractivity (Wildman–Crippen MR) is 176 cm³/mol. The van der Waals surface area contributed by atoms with Crippen molar-refractivity contribution >= 4 is 39.8 Å². The van der Waals surface area contributed by atoms with Crippen LogP contribution in [0.1, 0.15) is 36.6 Å². The van der Waals surface area contributed by atoms with E-state index >= 15 is 0 Å². The molecule has 0 aliphatic carbocycles. The highest BCUT2D eigenvalue weighted by Crippen LogP contribution is 2.32. The van der Waals surface area contributed by atoms with Gasteiger partial charge in [-0.25, -0.2) is 9.79 Å². The van der Waals surface area contributed by atoms with E-state index in [0.717, 1.165) is 33.2 Å². The van der Waals surface area contributed by atoms with E-state index in [4.69, 9.17) is 14.5 Å². The number of ether oxygens (including phenoxy) is 2. The lowest BCUT2D eigenvalue weighted by molar-refractivity contribution is -0.139. The molecular formula is C36H33N3O4S. The van der Waals surface area contributed by atoms with Crippen LogP contribution in [-0.4, -0.2) is 31.2 Å². The molecule has 0 amide bonds. The van der Waals surface area contributed by atoms with E-state index in [9.17, 15) is 9.59 Å². The highest BCUT2D eigenvalue weighted by atomic mass is 32.1. The molecule has 0 saturated heterocycles. The van der Waals surface area contributed by atoms with Crippen molar-refractivity contribution in [3.8, 4) is 5.75 Å². The molecule has 8 heteroatoms. The van der Waals surface area contributed by atoms with Gasteiger partial charge in [0.15, 0.2) is 4.80 Å². The van der Waals surface area contributed by atoms with Gasteiger partial charge >= 0.3 is 5.97 Å². The third-order valence-electron chi connectivity index (χ3n) is 7.71. The van der Waals surface area contributed by atoms with E-state index in [1.165, 1.54) is 11.3 Å². The summed E-state index contributed by atoms with van der Waals surface area (Å²) >= 11 is 1.30. The zero-order valence-electron chi connectivity index (χ0n) is 25.1. The molecule has 0 saturated carbocycles. The second kappa shape index (κ2) is 12.3. The van der Waals surface area contributed by atoms with Gasteiger partial charge < -0.3 is 14.4 Å². The fourth-order valence-corrected chi connectivity index (χ4v) is 6.55. The lowest BCUT2D eigenvalue weighted by atomic mass is 9.95. The van der Waals surface area contributed by atoms with E-state index in [2.05, 4.69) is 24.3 Å². The van der Waals surface area contributed by atoms with Crippen LogP contribution in [0.15, 0.2) is 112 Å². The average Bonchev–Trinajstić information content (AvgIpc) is 3.33. The highest BCUT2D eigenvalue weighted by molar-refractivity contribution is 7.07. The first kappa shape index (κ1) is 29.1. The third-order valence-corrected chi connectivity index (χ3v) is 8.69. The molecule has 1 atom stereocenters. The van der Waals surface area contributed by atoms with Gasteiger partial charge in [-0.05, 0) is 60.0 Å². The van der Waals surface area contributed by atoms with Crippen LogP contribution in [0.3, 0.4) is 0 Å². The number of esters is 1. The van der Waals surface area contributed by atoms with Crippen molar-refractivity contribution in [1.29, 1.82) is 0 Å². The van der Waals surface area contributed by atoms with Gasteiger partial charge in [0.25, 0.3) is 5.56 Å². The van der Waals surface area contributed by atoms with Crippen LogP contribution in [0.2, 0.25) is 0 Å². The van der Waals surface area contributed by atoms with Crippen molar-refractivity contribution in [3.63, 3.8) is 0 Å². The SMILES string of the molecule is CCOC(=O)C1=C(C)N=c2s/c(=C\c3ccccc3OCc3cccc4ccccc34)c(=O)n2[C@H]1c1ccc(N(C)C)cc1. The summed E-state index contributed by atoms with van der Waals surface area (Å²) in [5.74, 6) is 0.197. The number of anilines is 1. The van der Waals surface area contributed by atoms with Crippen LogP contribution < -0.4 is 24.5 Å². The van der Waals surface area contributed by atoms with E-state index in [-0.39, 0.29) is 12.2 Å². The quantitative estimate of drug-likeness (QED) is 0.216. The van der Waals surface area contributed by atoms with E-state index in [1.54, 1.807) is 18.4 Å². The second-order valence-electron chi connectivity index (χ2n) is 10.8. The summed E-state index contributed by atoms with van der Waals surface area (Å²) < 4.78 is 13.9. The standard InChI is InChI=1S/C36H33N3O4S/c1-5-42-35(41)32-23(2)37-36-39(33(32)25-17-19-28(20-18-25)38(3)4)34(40)31(44-36)21-26-12-7-9-16-30(26)43-22-27-14-10-13-24-11-6-8-15-29(24)27/h6-21,33H,5,22H2,1-4H3/b31-21-/t33-/m0/s1. The van der Waals surface area contributed by atoms with Crippen molar-refractivity contribution in [2.24, 2.45) is 4.99 Å². The van der Waals surface area contributed by atoms with E-state index < -0.39 is 12.0 Å². The lowest BCUT2D eigenvalue weighted by Crippen LogP contribution is -2.40. The monoisotopic (exact) mass is 603 g/mol. The summed E-state index contributed by atoms with van der Waals surface area (Å²) in [5.41, 5.74) is 4.36. The molecule has 222 valence electrons. The Kier molecular flexibility index (Phi) is 8.17. The van der Waals surface area contributed by atoms with Gasteiger partial charge in [-0.1, -0.05) is 84.1 Å². The number of nitrogens with zero attached hydrogens (tertiary/aromatic N) is 3. The topological polar surface area (TPSA) is 73.1 Å². The normalized spacial score (nSPS) is 14.7. The molecule has 0 radical (unpaired) electrons. The molecule has 7 nitrogen and oxygen atoms in total. The Labute approximate surface area is 259 Å². The number of thiazole rings is 1. The van der Waals surface area contributed by atoms with Crippen LogP contribution in [-0.2, 0) is 16.1 Å². The maximum Gasteiger partial charge on any atom is 0.338 e. The number of aromatic nitrogens is 1. The Hall–Kier alpha value is -4.95. The summed E-state index contributed by atoms with van der Waals surface area (Å²) in [6.07, 6.45) is 1.85. The predicted octanol–water partition coefficient (Wildman–Crippen LogP) is 5.60. The molecule has 1 aromatic heterocycles. The summed E-state index contributed by atoms with van der Waals surface area (Å²) in [4.78, 5) is 34.6. The minimum absolute atomic E-state index is 0.224. The molecule has 4 aromatic carbocycles. The molecule has 1 aliphatic heterocycles. The first-order valence-corrected chi connectivity index (χ1v) is 15.3. The van der Waals surface area contributed by atoms with Crippen molar-refractivity contribution in [2.45, 2.75) is 26.5 Å². The van der Waals surface area contributed by atoms with Crippen molar-refractivity contribution in [3.05, 3.63) is 139 Å². The molecule has 0 fully saturated rings. The van der Waals surface area contributed by atoms with Gasteiger partial charge in [0.05, 0.1) is 28.5 Å². The smallest absolute Gasteiger partial charge is 0.338 e. The number of hydrogen-bond donors (Lipinski definition) is 0. The third kappa shape index (κ3) is 5.56. The van der Waals surface area contributed by atoms with Crippen molar-refractivity contribution in [1.82, 2.24) is 4.57 Å². The molecular weight excluding hydrogens is 570 g/mol. The number of carbonyl (C=O) groups is 1. The minimum Gasteiger partial charge on any atom is -0.488 e. The number of fused-ring (bicyclic) bond motifs is 2. The minimum atomic E-state index is -0.665. The second-order valence-corrected chi connectivity index (χ2v) is 11.8. The van der Waals surface area contributed by atoms with E-state index in [0.29, 0.717) is 33.0 Å². The Morgan fingerprint density at radius 1 is 0.977 bits per heavy atom. The maximum absolute atomic E-state index is 14.1. The van der Waals surface area contributed by atoms with Crippen molar-refractivity contribution < 1.29 is 14.3 Å². The Morgan fingerprint density at radius 3 is 2.48 bits per heavy atom. The lowest BCUT2D eigenvalue weighted by Gasteiger charge is -2.25. The zero-order valence-corrected chi connectivity index (χ0v) is 25.9. The summed E-state index contributed by atoms with van der Waals surface area (Å²) in [6, 6.07) is 29.3. The van der Waals surface area contributed by atoms with Gasteiger partial charge in [0, 0.05) is 25.3 Å². The van der Waals surface area contributed by atoms with E-state index in [1.807, 2.05) is 91.8 Å². The number of benzene rings is 4. The number of rotatable bonds is 8. The molecule has 0 bridgehead atoms. The maximum atomic E-state index is 14.1. The van der Waals surface area contributed by atoms with Crippen LogP contribution >= 0.6 is 11.3 Å². The molecule has 2 heterocycles. The highest BCUT2D eigenvalue weighted by Gasteiger charge is 2.33. The van der Waals surface area contributed by atoms with Crippen LogP contribution in [0.25, 0.3) is 16.8 Å². The Balaban J connectivity index is 1.42.